The number of halogens is 6. The van der Waals surface area contributed by atoms with E-state index >= 15 is 0 Å². The van der Waals surface area contributed by atoms with E-state index in [0.29, 0.717) is 12.1 Å². The molecular formula is C12H8F6N2O2. The Labute approximate surface area is 119 Å². The lowest BCUT2D eigenvalue weighted by molar-refractivity contribution is -0.143. The second-order valence-corrected chi connectivity index (χ2v) is 4.32. The molecule has 10 heteroatoms. The summed E-state index contributed by atoms with van der Waals surface area (Å²) in [4.78, 5) is 10.8. The number of hydrogen-bond donors (Lipinski definition) is 2. The lowest BCUT2D eigenvalue weighted by Gasteiger charge is -2.16. The number of nitrogens with one attached hydrogen (secondary N) is 2. The standard InChI is InChI=1S/C12H8F6N2O2/c13-11(14,15)6-1-7(12(16,17)18)3-8(2-6)19-20-9-4-10(21)22-5-9/h1-4,19-20H,5H2. The van der Waals surface area contributed by atoms with E-state index < -0.39 is 35.1 Å². The van der Waals surface area contributed by atoms with E-state index in [4.69, 9.17) is 0 Å². The number of esters is 1. The Morgan fingerprint density at radius 1 is 0.909 bits per heavy atom. The van der Waals surface area contributed by atoms with Crippen LogP contribution in [0.25, 0.3) is 0 Å². The van der Waals surface area contributed by atoms with Crippen LogP contribution >= 0.6 is 0 Å². The summed E-state index contributed by atoms with van der Waals surface area (Å²) in [6.45, 7) is -0.156. The van der Waals surface area contributed by atoms with E-state index in [9.17, 15) is 31.1 Å². The van der Waals surface area contributed by atoms with Gasteiger partial charge in [-0.15, -0.1) is 0 Å². The zero-order valence-corrected chi connectivity index (χ0v) is 10.6. The summed E-state index contributed by atoms with van der Waals surface area (Å²) >= 11 is 0. The van der Waals surface area contributed by atoms with E-state index in [1.54, 1.807) is 0 Å². The van der Waals surface area contributed by atoms with Gasteiger partial charge in [-0.1, -0.05) is 0 Å². The van der Waals surface area contributed by atoms with Gasteiger partial charge in [-0.05, 0) is 18.2 Å². The Morgan fingerprint density at radius 2 is 1.45 bits per heavy atom. The molecule has 1 aliphatic heterocycles. The molecule has 0 aromatic heterocycles. The fourth-order valence-electron chi connectivity index (χ4n) is 1.63. The third kappa shape index (κ3) is 3.83. The molecule has 0 bridgehead atoms. The number of hydrogen-bond acceptors (Lipinski definition) is 4. The molecule has 1 aromatic rings. The molecule has 0 saturated carbocycles. The van der Waals surface area contributed by atoms with Gasteiger partial charge >= 0.3 is 18.3 Å². The topological polar surface area (TPSA) is 50.4 Å². The molecule has 0 fully saturated rings. The van der Waals surface area contributed by atoms with Crippen molar-refractivity contribution in [3.63, 3.8) is 0 Å². The maximum atomic E-state index is 12.6. The highest BCUT2D eigenvalue weighted by atomic mass is 19.4. The number of anilines is 1. The SMILES string of the molecule is O=C1C=C(NNc2cc(C(F)(F)F)cc(C(F)(F)F)c2)CO1. The summed E-state index contributed by atoms with van der Waals surface area (Å²) < 4.78 is 80.3. The van der Waals surface area contributed by atoms with Gasteiger partial charge in [-0.2, -0.15) is 26.3 Å². The number of hydrazine groups is 1. The Bertz CT molecular complexity index is 589. The zero-order valence-electron chi connectivity index (χ0n) is 10.6. The van der Waals surface area contributed by atoms with E-state index in [1.165, 1.54) is 0 Å². The van der Waals surface area contributed by atoms with Gasteiger partial charge in [0.2, 0.25) is 0 Å². The molecule has 0 aliphatic carbocycles. The molecule has 1 heterocycles. The van der Waals surface area contributed by atoms with Crippen molar-refractivity contribution < 1.29 is 35.9 Å². The van der Waals surface area contributed by atoms with Crippen molar-refractivity contribution in [2.45, 2.75) is 12.4 Å². The highest BCUT2D eigenvalue weighted by Crippen LogP contribution is 2.37. The van der Waals surface area contributed by atoms with Crippen LogP contribution < -0.4 is 10.9 Å². The van der Waals surface area contributed by atoms with Crippen LogP contribution in [0.4, 0.5) is 32.0 Å². The fourth-order valence-corrected chi connectivity index (χ4v) is 1.63. The Morgan fingerprint density at radius 3 is 1.86 bits per heavy atom. The number of alkyl halides is 6. The molecule has 2 rings (SSSR count). The predicted molar refractivity (Wildman–Crippen MR) is 62.2 cm³/mol. The minimum atomic E-state index is -4.93. The summed E-state index contributed by atoms with van der Waals surface area (Å²) in [5.41, 5.74) is 1.33. The number of carbonyl (C=O) groups is 1. The van der Waals surface area contributed by atoms with Gasteiger partial charge < -0.3 is 15.6 Å². The van der Waals surface area contributed by atoms with E-state index in [1.807, 2.05) is 0 Å². The highest BCUT2D eigenvalue weighted by Gasteiger charge is 2.37. The van der Waals surface area contributed by atoms with Crippen molar-refractivity contribution in [1.82, 2.24) is 5.43 Å². The minimum Gasteiger partial charge on any atom is -0.456 e. The molecule has 0 saturated heterocycles. The number of benzene rings is 1. The quantitative estimate of drug-likeness (QED) is 0.509. The highest BCUT2D eigenvalue weighted by molar-refractivity contribution is 5.85. The first-order valence-electron chi connectivity index (χ1n) is 5.74. The first kappa shape index (κ1) is 16.0. The van der Waals surface area contributed by atoms with Gasteiger partial charge in [-0.25, -0.2) is 4.79 Å². The molecule has 120 valence electrons. The predicted octanol–water partition coefficient (Wildman–Crippen LogP) is 3.08. The van der Waals surface area contributed by atoms with Crippen LogP contribution in [0.3, 0.4) is 0 Å². The Kier molecular flexibility index (Phi) is 3.94. The molecular weight excluding hydrogens is 318 g/mol. The van der Waals surface area contributed by atoms with Gasteiger partial charge in [0.05, 0.1) is 22.5 Å². The molecule has 0 spiro atoms. The van der Waals surface area contributed by atoms with Crippen LogP contribution in [0.5, 0.6) is 0 Å². The molecule has 22 heavy (non-hydrogen) atoms. The maximum Gasteiger partial charge on any atom is 0.416 e. The molecule has 0 amide bonds. The van der Waals surface area contributed by atoms with Crippen molar-refractivity contribution in [2.24, 2.45) is 0 Å². The van der Waals surface area contributed by atoms with Gasteiger partial charge in [0.25, 0.3) is 0 Å². The van der Waals surface area contributed by atoms with Crippen LogP contribution in [-0.4, -0.2) is 12.6 Å². The van der Waals surface area contributed by atoms with Crippen LogP contribution in [-0.2, 0) is 21.9 Å². The van der Waals surface area contributed by atoms with Gasteiger partial charge in [0.1, 0.15) is 6.61 Å². The average Bonchev–Trinajstić information content (AvgIpc) is 2.80. The van der Waals surface area contributed by atoms with E-state index in [-0.39, 0.29) is 18.4 Å². The molecule has 0 atom stereocenters. The van der Waals surface area contributed by atoms with E-state index in [2.05, 4.69) is 15.6 Å². The van der Waals surface area contributed by atoms with Crippen molar-refractivity contribution in [1.29, 1.82) is 0 Å². The summed E-state index contributed by atoms with van der Waals surface area (Å²) in [6.07, 6.45) is -8.84. The molecule has 0 radical (unpaired) electrons. The number of rotatable bonds is 3. The monoisotopic (exact) mass is 326 g/mol. The van der Waals surface area contributed by atoms with Crippen molar-refractivity contribution in [3.8, 4) is 0 Å². The number of carbonyl (C=O) groups excluding carboxylic acids is 1. The smallest absolute Gasteiger partial charge is 0.416 e. The summed E-state index contributed by atoms with van der Waals surface area (Å²) in [7, 11) is 0. The van der Waals surface area contributed by atoms with Gasteiger partial charge in [0.15, 0.2) is 0 Å². The minimum absolute atomic E-state index is 0.0205. The maximum absolute atomic E-state index is 12.6. The van der Waals surface area contributed by atoms with Crippen LogP contribution in [0, 0.1) is 0 Å². The van der Waals surface area contributed by atoms with Gasteiger partial charge in [0, 0.05) is 6.08 Å². The summed E-state index contributed by atoms with van der Waals surface area (Å²) in [6, 6.07) is 1.05. The van der Waals surface area contributed by atoms with Crippen LogP contribution in [0.15, 0.2) is 30.0 Å². The molecule has 2 N–H and O–H groups in total. The third-order valence-electron chi connectivity index (χ3n) is 2.62. The number of cyclic esters (lactones) is 1. The molecule has 4 nitrogen and oxygen atoms in total. The number of ether oxygens (including phenoxy) is 1. The summed E-state index contributed by atoms with van der Waals surface area (Å²) in [5, 5.41) is 0. The largest absolute Gasteiger partial charge is 0.456 e. The average molecular weight is 326 g/mol. The Balaban J connectivity index is 2.26. The van der Waals surface area contributed by atoms with Crippen molar-refractivity contribution in [3.05, 3.63) is 41.1 Å². The fraction of sp³-hybridized carbons (Fsp3) is 0.250. The van der Waals surface area contributed by atoms with Crippen molar-refractivity contribution in [2.75, 3.05) is 12.0 Å². The van der Waals surface area contributed by atoms with Crippen LogP contribution in [0.2, 0.25) is 0 Å². The normalized spacial score (nSPS) is 15.4. The molecule has 0 unspecified atom stereocenters. The van der Waals surface area contributed by atoms with E-state index in [0.717, 1.165) is 6.08 Å². The zero-order chi connectivity index (χ0) is 16.5. The first-order valence-corrected chi connectivity index (χ1v) is 5.74. The summed E-state index contributed by atoms with van der Waals surface area (Å²) in [5.74, 6) is -0.663. The van der Waals surface area contributed by atoms with Gasteiger partial charge in [-0.3, -0.25) is 0 Å². The molecule has 1 aromatic carbocycles. The first-order chi connectivity index (χ1) is 10.1. The second-order valence-electron chi connectivity index (χ2n) is 4.32. The Hall–Kier alpha value is -2.39. The van der Waals surface area contributed by atoms with Crippen molar-refractivity contribution >= 4 is 11.7 Å². The lowest BCUT2D eigenvalue weighted by Crippen LogP contribution is -2.22. The second kappa shape index (κ2) is 5.43. The lowest BCUT2D eigenvalue weighted by atomic mass is 10.1. The molecule has 1 aliphatic rings. The third-order valence-corrected chi connectivity index (χ3v) is 2.62. The van der Waals surface area contributed by atoms with Crippen LogP contribution in [0.1, 0.15) is 11.1 Å².